The summed E-state index contributed by atoms with van der Waals surface area (Å²) >= 11 is 0. The average molecular weight is 316 g/mol. The SMILES string of the molecule is COC(=O)N1CCC(NC(=O)[C@@H]2C[C@@H]2c2cccc(C)c2)CC1. The fraction of sp³-hybridized carbons (Fsp3) is 0.556. The number of aryl methyl sites for hydroxylation is 1. The summed E-state index contributed by atoms with van der Waals surface area (Å²) in [5.74, 6) is 0.633. The molecule has 1 aromatic carbocycles. The second-order valence-electron chi connectivity index (χ2n) is 6.60. The van der Waals surface area contributed by atoms with Gasteiger partial charge in [-0.2, -0.15) is 0 Å². The van der Waals surface area contributed by atoms with Gasteiger partial charge in [0.1, 0.15) is 0 Å². The molecule has 1 saturated heterocycles. The van der Waals surface area contributed by atoms with Gasteiger partial charge in [0.15, 0.2) is 0 Å². The molecule has 124 valence electrons. The standard InChI is InChI=1S/C18H24N2O3/c1-12-4-3-5-13(10-12)15-11-16(15)17(21)19-14-6-8-20(9-7-14)18(22)23-2/h3-5,10,14-16H,6-9,11H2,1-2H3,(H,19,21)/t15-,16-/m1/s1. The van der Waals surface area contributed by atoms with Crippen molar-refractivity contribution in [3.8, 4) is 0 Å². The number of amides is 2. The lowest BCUT2D eigenvalue weighted by molar-refractivity contribution is -0.123. The predicted octanol–water partition coefficient (Wildman–Crippen LogP) is 2.45. The number of nitrogens with one attached hydrogen (secondary N) is 1. The number of piperidine rings is 1. The van der Waals surface area contributed by atoms with Crippen molar-refractivity contribution >= 4 is 12.0 Å². The van der Waals surface area contributed by atoms with Crippen LogP contribution in [0.3, 0.4) is 0 Å². The average Bonchev–Trinajstić information content (AvgIpc) is 3.35. The van der Waals surface area contributed by atoms with Crippen LogP contribution in [-0.2, 0) is 9.53 Å². The quantitative estimate of drug-likeness (QED) is 0.932. The van der Waals surface area contributed by atoms with Crippen molar-refractivity contribution in [1.82, 2.24) is 10.2 Å². The zero-order valence-corrected chi connectivity index (χ0v) is 13.7. The van der Waals surface area contributed by atoms with E-state index in [9.17, 15) is 9.59 Å². The van der Waals surface area contributed by atoms with Crippen LogP contribution in [0.5, 0.6) is 0 Å². The second kappa shape index (κ2) is 6.60. The van der Waals surface area contributed by atoms with Gasteiger partial charge in [0.25, 0.3) is 0 Å². The summed E-state index contributed by atoms with van der Waals surface area (Å²) in [4.78, 5) is 25.5. The molecule has 3 rings (SSSR count). The van der Waals surface area contributed by atoms with Crippen molar-refractivity contribution in [2.24, 2.45) is 5.92 Å². The number of benzene rings is 1. The highest BCUT2D eigenvalue weighted by Crippen LogP contribution is 2.47. The van der Waals surface area contributed by atoms with E-state index >= 15 is 0 Å². The first kappa shape index (κ1) is 15.8. The van der Waals surface area contributed by atoms with E-state index in [1.807, 2.05) is 0 Å². The minimum Gasteiger partial charge on any atom is -0.453 e. The molecule has 5 heteroatoms. The topological polar surface area (TPSA) is 58.6 Å². The molecule has 0 bridgehead atoms. The Bertz CT molecular complexity index is 594. The molecule has 1 aromatic rings. The van der Waals surface area contributed by atoms with Crippen molar-refractivity contribution in [2.45, 2.75) is 38.1 Å². The Morgan fingerprint density at radius 2 is 2.00 bits per heavy atom. The Hall–Kier alpha value is -2.04. The van der Waals surface area contributed by atoms with Crippen LogP contribution in [-0.4, -0.2) is 43.1 Å². The summed E-state index contributed by atoms with van der Waals surface area (Å²) < 4.78 is 4.73. The highest BCUT2D eigenvalue weighted by atomic mass is 16.5. The summed E-state index contributed by atoms with van der Waals surface area (Å²) in [5.41, 5.74) is 2.51. The Morgan fingerprint density at radius 3 is 2.65 bits per heavy atom. The molecule has 2 amide bonds. The third-order valence-corrected chi connectivity index (χ3v) is 4.87. The molecule has 1 N–H and O–H groups in total. The molecule has 0 aromatic heterocycles. The van der Waals surface area contributed by atoms with Crippen LogP contribution in [0.15, 0.2) is 24.3 Å². The molecule has 2 atom stereocenters. The summed E-state index contributed by atoms with van der Waals surface area (Å²) in [6.45, 7) is 3.36. The number of methoxy groups -OCH3 is 1. The van der Waals surface area contributed by atoms with Crippen molar-refractivity contribution < 1.29 is 14.3 Å². The van der Waals surface area contributed by atoms with Gasteiger partial charge in [-0.25, -0.2) is 4.79 Å². The Balaban J connectivity index is 1.47. The van der Waals surface area contributed by atoms with E-state index in [0.717, 1.165) is 19.3 Å². The molecule has 2 fully saturated rings. The van der Waals surface area contributed by atoms with E-state index in [1.165, 1.54) is 18.2 Å². The van der Waals surface area contributed by atoms with Gasteiger partial charge in [-0.3, -0.25) is 4.79 Å². The lowest BCUT2D eigenvalue weighted by Crippen LogP contribution is -2.47. The molecule has 1 aliphatic heterocycles. The Labute approximate surface area is 137 Å². The van der Waals surface area contributed by atoms with Crippen LogP contribution < -0.4 is 5.32 Å². The molecule has 1 saturated carbocycles. The van der Waals surface area contributed by atoms with Gasteiger partial charge in [0, 0.05) is 25.0 Å². The summed E-state index contributed by atoms with van der Waals surface area (Å²) in [6, 6.07) is 8.59. The molecule has 23 heavy (non-hydrogen) atoms. The number of hydrogen-bond acceptors (Lipinski definition) is 3. The van der Waals surface area contributed by atoms with Crippen molar-refractivity contribution in [1.29, 1.82) is 0 Å². The maximum Gasteiger partial charge on any atom is 0.409 e. The lowest BCUT2D eigenvalue weighted by Gasteiger charge is -2.31. The van der Waals surface area contributed by atoms with Crippen LogP contribution in [0.1, 0.15) is 36.3 Å². The summed E-state index contributed by atoms with van der Waals surface area (Å²) in [6.07, 6.45) is 2.25. The number of likely N-dealkylation sites (tertiary alicyclic amines) is 1. The number of nitrogens with zero attached hydrogens (tertiary/aromatic N) is 1. The maximum atomic E-state index is 12.4. The monoisotopic (exact) mass is 316 g/mol. The lowest BCUT2D eigenvalue weighted by atomic mass is 10.0. The van der Waals surface area contributed by atoms with E-state index in [0.29, 0.717) is 19.0 Å². The molecule has 1 heterocycles. The second-order valence-corrected chi connectivity index (χ2v) is 6.60. The summed E-state index contributed by atoms with van der Waals surface area (Å²) in [7, 11) is 1.40. The first-order valence-corrected chi connectivity index (χ1v) is 8.28. The Kier molecular flexibility index (Phi) is 4.55. The van der Waals surface area contributed by atoms with Gasteiger partial charge in [-0.05, 0) is 37.7 Å². The fourth-order valence-electron chi connectivity index (χ4n) is 3.40. The van der Waals surface area contributed by atoms with Crippen molar-refractivity contribution in [3.05, 3.63) is 35.4 Å². The third-order valence-electron chi connectivity index (χ3n) is 4.87. The van der Waals surface area contributed by atoms with Gasteiger partial charge >= 0.3 is 6.09 Å². The maximum absolute atomic E-state index is 12.4. The number of hydrogen-bond donors (Lipinski definition) is 1. The van der Waals surface area contributed by atoms with Gasteiger partial charge in [-0.15, -0.1) is 0 Å². The van der Waals surface area contributed by atoms with Gasteiger partial charge in [-0.1, -0.05) is 29.8 Å². The molecule has 5 nitrogen and oxygen atoms in total. The van der Waals surface area contributed by atoms with Crippen molar-refractivity contribution in [3.63, 3.8) is 0 Å². The molecule has 0 unspecified atom stereocenters. The normalized spacial score (nSPS) is 24.2. The highest BCUT2D eigenvalue weighted by Gasteiger charge is 2.44. The van der Waals surface area contributed by atoms with Gasteiger partial charge < -0.3 is 15.0 Å². The van der Waals surface area contributed by atoms with E-state index in [-0.39, 0.29) is 24.0 Å². The van der Waals surface area contributed by atoms with Crippen LogP contribution in [0.25, 0.3) is 0 Å². The zero-order valence-electron chi connectivity index (χ0n) is 13.7. The van der Waals surface area contributed by atoms with Crippen LogP contribution >= 0.6 is 0 Å². The highest BCUT2D eigenvalue weighted by molar-refractivity contribution is 5.83. The van der Waals surface area contributed by atoms with E-state index in [1.54, 1.807) is 4.90 Å². The van der Waals surface area contributed by atoms with Crippen LogP contribution in [0, 0.1) is 12.8 Å². The molecule has 0 spiro atoms. The van der Waals surface area contributed by atoms with Crippen LogP contribution in [0.2, 0.25) is 0 Å². The first-order valence-electron chi connectivity index (χ1n) is 8.28. The molecule has 0 radical (unpaired) electrons. The summed E-state index contributed by atoms with van der Waals surface area (Å²) in [5, 5.41) is 3.15. The van der Waals surface area contributed by atoms with E-state index in [4.69, 9.17) is 4.74 Å². The number of rotatable bonds is 3. The smallest absolute Gasteiger partial charge is 0.409 e. The molecule has 1 aliphatic carbocycles. The predicted molar refractivity (Wildman–Crippen MR) is 87.2 cm³/mol. The number of carbonyl (C=O) groups excluding carboxylic acids is 2. The molecular weight excluding hydrogens is 292 g/mol. The van der Waals surface area contributed by atoms with Crippen molar-refractivity contribution in [2.75, 3.05) is 20.2 Å². The van der Waals surface area contributed by atoms with Gasteiger partial charge in [0.05, 0.1) is 7.11 Å². The number of carbonyl (C=O) groups is 2. The molecular formula is C18H24N2O3. The zero-order chi connectivity index (χ0) is 16.4. The minimum absolute atomic E-state index is 0.107. The first-order chi connectivity index (χ1) is 11.1. The largest absolute Gasteiger partial charge is 0.453 e. The third kappa shape index (κ3) is 3.66. The Morgan fingerprint density at radius 1 is 1.26 bits per heavy atom. The minimum atomic E-state index is -0.281. The number of ether oxygens (including phenoxy) is 1. The van der Waals surface area contributed by atoms with Crippen LogP contribution in [0.4, 0.5) is 4.79 Å². The molecule has 2 aliphatic rings. The van der Waals surface area contributed by atoms with Gasteiger partial charge in [0.2, 0.25) is 5.91 Å². The van der Waals surface area contributed by atoms with E-state index < -0.39 is 0 Å². The van der Waals surface area contributed by atoms with E-state index in [2.05, 4.69) is 36.5 Å². The fourth-order valence-corrected chi connectivity index (χ4v) is 3.40.